The number of hydrogen-bond donors (Lipinski definition) is 1. The molecule has 4 rings (SSSR count). The molecule has 124 valence electrons. The third kappa shape index (κ3) is 2.46. The summed E-state index contributed by atoms with van der Waals surface area (Å²) in [5, 5.41) is 2.95. The monoisotopic (exact) mass is 325 g/mol. The summed E-state index contributed by atoms with van der Waals surface area (Å²) in [4.78, 5) is 12.6. The van der Waals surface area contributed by atoms with Crippen molar-refractivity contribution in [1.82, 2.24) is 5.32 Å². The lowest BCUT2D eigenvalue weighted by molar-refractivity contribution is 0.0946. The van der Waals surface area contributed by atoms with Crippen molar-refractivity contribution in [3.8, 4) is 17.2 Å². The van der Waals surface area contributed by atoms with Crippen molar-refractivity contribution in [2.45, 2.75) is 32.4 Å². The Balaban J connectivity index is 1.50. The smallest absolute Gasteiger partial charge is 0.255 e. The molecule has 24 heavy (non-hydrogen) atoms. The summed E-state index contributed by atoms with van der Waals surface area (Å²) in [6.45, 7) is 4.81. The summed E-state index contributed by atoms with van der Waals surface area (Å²) in [7, 11) is 0. The predicted octanol–water partition coefficient (Wildman–Crippen LogP) is 3.23. The Hall–Kier alpha value is -2.69. The average molecular weight is 325 g/mol. The summed E-state index contributed by atoms with van der Waals surface area (Å²) in [5.74, 6) is 2.32. The minimum Gasteiger partial charge on any atom is -0.489 e. The zero-order valence-electron chi connectivity index (χ0n) is 13.7. The zero-order valence-corrected chi connectivity index (χ0v) is 13.7. The number of fused-ring (bicyclic) bond motifs is 2. The van der Waals surface area contributed by atoms with E-state index in [1.54, 1.807) is 6.07 Å². The molecule has 2 heterocycles. The van der Waals surface area contributed by atoms with Crippen LogP contribution >= 0.6 is 0 Å². The summed E-state index contributed by atoms with van der Waals surface area (Å²) >= 11 is 0. The second kappa shape index (κ2) is 5.74. The number of nitrogens with one attached hydrogen (secondary N) is 1. The summed E-state index contributed by atoms with van der Waals surface area (Å²) in [5.41, 5.74) is 2.64. The van der Waals surface area contributed by atoms with Gasteiger partial charge in [-0.1, -0.05) is 25.1 Å². The van der Waals surface area contributed by atoms with Gasteiger partial charge in [-0.25, -0.2) is 0 Å². The zero-order chi connectivity index (χ0) is 16.7. The summed E-state index contributed by atoms with van der Waals surface area (Å²) in [6, 6.07) is 11.4. The maximum atomic E-state index is 12.6. The molecule has 2 aromatic rings. The van der Waals surface area contributed by atoms with E-state index in [2.05, 4.69) is 12.2 Å². The van der Waals surface area contributed by atoms with Gasteiger partial charge in [-0.3, -0.25) is 4.79 Å². The fraction of sp³-hybridized carbons (Fsp3) is 0.316. The summed E-state index contributed by atoms with van der Waals surface area (Å²) in [6.07, 6.45) is 0.0859. The van der Waals surface area contributed by atoms with Crippen LogP contribution in [0.5, 0.6) is 17.2 Å². The van der Waals surface area contributed by atoms with Gasteiger partial charge in [0.2, 0.25) is 6.79 Å². The Morgan fingerprint density at radius 2 is 2.00 bits per heavy atom. The van der Waals surface area contributed by atoms with Crippen molar-refractivity contribution < 1.29 is 19.0 Å². The molecule has 1 N–H and O–H groups in total. The van der Waals surface area contributed by atoms with Crippen molar-refractivity contribution in [3.05, 3.63) is 53.1 Å². The normalized spacial score (nSPS) is 20.4. The molecule has 5 nitrogen and oxygen atoms in total. The molecule has 2 aromatic carbocycles. The maximum Gasteiger partial charge on any atom is 0.255 e. The molecule has 0 bridgehead atoms. The van der Waals surface area contributed by atoms with Crippen molar-refractivity contribution >= 4 is 5.91 Å². The molecular weight excluding hydrogens is 306 g/mol. The molecule has 0 spiro atoms. The van der Waals surface area contributed by atoms with Crippen molar-refractivity contribution in [2.75, 3.05) is 6.79 Å². The van der Waals surface area contributed by atoms with Gasteiger partial charge in [-0.2, -0.15) is 0 Å². The molecule has 0 aromatic heterocycles. The number of benzene rings is 2. The first-order valence-electron chi connectivity index (χ1n) is 8.10. The second-order valence-corrected chi connectivity index (χ2v) is 6.21. The van der Waals surface area contributed by atoms with Crippen LogP contribution in [-0.2, 0) is 6.54 Å². The van der Waals surface area contributed by atoms with Crippen LogP contribution in [0, 0.1) is 0 Å². The number of rotatable bonds is 3. The number of carbonyl (C=O) groups is 1. The van der Waals surface area contributed by atoms with Crippen LogP contribution in [0.3, 0.4) is 0 Å². The van der Waals surface area contributed by atoms with E-state index < -0.39 is 0 Å². The highest BCUT2D eigenvalue weighted by molar-refractivity contribution is 5.97. The van der Waals surface area contributed by atoms with Crippen LogP contribution in [0.15, 0.2) is 36.4 Å². The van der Waals surface area contributed by atoms with Gasteiger partial charge in [0.05, 0.1) is 5.56 Å². The molecule has 2 aliphatic heterocycles. The molecule has 0 unspecified atom stereocenters. The molecule has 2 aliphatic rings. The standard InChI is InChI=1S/C19H19NO4/c1-11-12(2)24-18-14(11)4-3-5-15(18)19(21)20-9-13-6-7-16-17(8-13)23-10-22-16/h3-8,11-12H,9-10H2,1-2H3,(H,20,21)/t11-,12+/m1/s1. The van der Waals surface area contributed by atoms with E-state index in [0.29, 0.717) is 29.5 Å². The Morgan fingerprint density at radius 3 is 2.88 bits per heavy atom. The number of ether oxygens (including phenoxy) is 3. The van der Waals surface area contributed by atoms with E-state index in [-0.39, 0.29) is 18.8 Å². The van der Waals surface area contributed by atoms with E-state index in [9.17, 15) is 4.79 Å². The molecule has 0 saturated carbocycles. The molecule has 0 saturated heterocycles. The van der Waals surface area contributed by atoms with Crippen LogP contribution < -0.4 is 19.5 Å². The maximum absolute atomic E-state index is 12.6. The highest BCUT2D eigenvalue weighted by Gasteiger charge is 2.31. The number of amides is 1. The quantitative estimate of drug-likeness (QED) is 0.941. The lowest BCUT2D eigenvalue weighted by atomic mass is 9.97. The molecule has 5 heteroatoms. The highest BCUT2D eigenvalue weighted by Crippen LogP contribution is 2.40. The molecule has 0 aliphatic carbocycles. The van der Waals surface area contributed by atoms with E-state index in [1.807, 2.05) is 37.3 Å². The lowest BCUT2D eigenvalue weighted by Gasteiger charge is -2.10. The Kier molecular flexibility index (Phi) is 3.56. The first-order valence-corrected chi connectivity index (χ1v) is 8.10. The van der Waals surface area contributed by atoms with Crippen molar-refractivity contribution in [2.24, 2.45) is 0 Å². The summed E-state index contributed by atoms with van der Waals surface area (Å²) < 4.78 is 16.5. The van der Waals surface area contributed by atoms with Gasteiger partial charge in [-0.05, 0) is 30.7 Å². The van der Waals surface area contributed by atoms with Gasteiger partial charge in [0.1, 0.15) is 11.9 Å². The highest BCUT2D eigenvalue weighted by atomic mass is 16.7. The lowest BCUT2D eigenvalue weighted by Crippen LogP contribution is -2.23. The Labute approximate surface area is 140 Å². The largest absolute Gasteiger partial charge is 0.489 e. The van der Waals surface area contributed by atoms with Crippen molar-refractivity contribution in [3.63, 3.8) is 0 Å². The number of hydrogen-bond acceptors (Lipinski definition) is 4. The third-order valence-electron chi connectivity index (χ3n) is 4.68. The SMILES string of the molecule is C[C@@H]1Oc2c(C(=O)NCc3ccc4c(c3)OCO4)cccc2[C@@H]1C. The van der Waals surface area contributed by atoms with E-state index in [1.165, 1.54) is 0 Å². The number of carbonyl (C=O) groups excluding carboxylic acids is 1. The van der Waals surface area contributed by atoms with E-state index in [0.717, 1.165) is 16.9 Å². The van der Waals surface area contributed by atoms with Gasteiger partial charge >= 0.3 is 0 Å². The van der Waals surface area contributed by atoms with Gasteiger partial charge in [0.25, 0.3) is 5.91 Å². The van der Waals surface area contributed by atoms with Gasteiger partial charge in [0.15, 0.2) is 11.5 Å². The molecule has 1 amide bonds. The van der Waals surface area contributed by atoms with Crippen LogP contribution in [0.25, 0.3) is 0 Å². The molecular formula is C19H19NO4. The van der Waals surface area contributed by atoms with Crippen LogP contribution in [0.4, 0.5) is 0 Å². The molecule has 0 radical (unpaired) electrons. The van der Waals surface area contributed by atoms with Gasteiger partial charge in [0, 0.05) is 18.0 Å². The van der Waals surface area contributed by atoms with Gasteiger partial charge in [-0.15, -0.1) is 0 Å². The minimum absolute atomic E-state index is 0.0859. The molecule has 2 atom stereocenters. The first kappa shape index (κ1) is 14.9. The first-order chi connectivity index (χ1) is 11.6. The second-order valence-electron chi connectivity index (χ2n) is 6.21. The van der Waals surface area contributed by atoms with Gasteiger partial charge < -0.3 is 19.5 Å². The molecule has 0 fully saturated rings. The number of para-hydroxylation sites is 1. The predicted molar refractivity (Wildman–Crippen MR) is 88.7 cm³/mol. The topological polar surface area (TPSA) is 56.8 Å². The van der Waals surface area contributed by atoms with E-state index >= 15 is 0 Å². The Bertz CT molecular complexity index is 802. The fourth-order valence-corrected chi connectivity index (χ4v) is 3.09. The van der Waals surface area contributed by atoms with Crippen LogP contribution in [-0.4, -0.2) is 18.8 Å². The minimum atomic E-state index is -0.134. The Morgan fingerprint density at radius 1 is 1.17 bits per heavy atom. The average Bonchev–Trinajstić information content (AvgIpc) is 3.17. The third-order valence-corrected chi connectivity index (χ3v) is 4.68. The fourth-order valence-electron chi connectivity index (χ4n) is 3.09. The van der Waals surface area contributed by atoms with Crippen molar-refractivity contribution in [1.29, 1.82) is 0 Å². The van der Waals surface area contributed by atoms with Crippen LogP contribution in [0.1, 0.15) is 41.3 Å². The van der Waals surface area contributed by atoms with E-state index in [4.69, 9.17) is 14.2 Å². The van der Waals surface area contributed by atoms with Crippen LogP contribution in [0.2, 0.25) is 0 Å².